The van der Waals surface area contributed by atoms with Crippen LogP contribution in [-0.2, 0) is 4.74 Å². The minimum Gasteiger partial charge on any atom is -0.459 e. The predicted molar refractivity (Wildman–Crippen MR) is 57.8 cm³/mol. The Bertz CT molecular complexity index is 415. The summed E-state index contributed by atoms with van der Waals surface area (Å²) in [4.78, 5) is 13.5. The average molecular weight is 239 g/mol. The molecule has 3 N–H and O–H groups in total. The van der Waals surface area contributed by atoms with Gasteiger partial charge >= 0.3 is 0 Å². The molecule has 0 radical (unpaired) electrons. The molecular weight excluding hydrogens is 226 g/mol. The van der Waals surface area contributed by atoms with E-state index in [9.17, 15) is 4.79 Å². The number of oxime groups is 1. The third-order valence-corrected chi connectivity index (χ3v) is 2.53. The zero-order chi connectivity index (χ0) is 12.3. The number of carbonyl (C=O) groups excluding carboxylic acids is 1. The fourth-order valence-electron chi connectivity index (χ4n) is 1.63. The number of nitrogens with two attached hydrogens (primary N) is 1. The number of hydrogen-bond acceptors (Lipinski definition) is 5. The molecule has 1 unspecified atom stereocenters. The van der Waals surface area contributed by atoms with E-state index in [1.165, 1.54) is 6.26 Å². The SMILES string of the molecule is NC(=NO)C1CN(C(=O)c2ccco2)CCO1. The number of morpholine rings is 1. The number of rotatable bonds is 2. The highest BCUT2D eigenvalue weighted by atomic mass is 16.5. The predicted octanol–water partition coefficient (Wildman–Crippen LogP) is -0.133. The molecule has 92 valence electrons. The maximum absolute atomic E-state index is 12.0. The molecule has 1 aliphatic heterocycles. The molecule has 1 fully saturated rings. The van der Waals surface area contributed by atoms with Gasteiger partial charge < -0.3 is 25.0 Å². The van der Waals surface area contributed by atoms with E-state index >= 15 is 0 Å². The second-order valence-electron chi connectivity index (χ2n) is 3.61. The van der Waals surface area contributed by atoms with Crippen LogP contribution in [-0.4, -0.2) is 47.7 Å². The molecule has 0 bridgehead atoms. The molecule has 1 amide bonds. The third kappa shape index (κ3) is 2.39. The summed E-state index contributed by atoms with van der Waals surface area (Å²) in [5, 5.41) is 11.4. The molecule has 17 heavy (non-hydrogen) atoms. The van der Waals surface area contributed by atoms with Gasteiger partial charge in [-0.2, -0.15) is 0 Å². The quantitative estimate of drug-likeness (QED) is 0.324. The van der Waals surface area contributed by atoms with Crippen LogP contribution in [0.3, 0.4) is 0 Å². The van der Waals surface area contributed by atoms with Crippen molar-refractivity contribution >= 4 is 11.7 Å². The second kappa shape index (κ2) is 4.88. The lowest BCUT2D eigenvalue weighted by molar-refractivity contribution is 0.00535. The van der Waals surface area contributed by atoms with Crippen molar-refractivity contribution in [3.8, 4) is 0 Å². The standard InChI is InChI=1S/C10H13N3O4/c11-9(12-15)8-6-13(3-5-17-8)10(14)7-2-1-4-16-7/h1-2,4,8,15H,3,5-6H2,(H2,11,12). The molecule has 0 aliphatic carbocycles. The normalized spacial score (nSPS) is 21.5. The third-order valence-electron chi connectivity index (χ3n) is 2.53. The van der Waals surface area contributed by atoms with Crippen molar-refractivity contribution in [2.75, 3.05) is 19.7 Å². The highest BCUT2D eigenvalue weighted by molar-refractivity contribution is 5.92. The first kappa shape index (κ1) is 11.5. The number of amidine groups is 1. The maximum atomic E-state index is 12.0. The first-order valence-corrected chi connectivity index (χ1v) is 5.14. The van der Waals surface area contributed by atoms with Crippen molar-refractivity contribution in [3.63, 3.8) is 0 Å². The lowest BCUT2D eigenvalue weighted by Gasteiger charge is -2.31. The van der Waals surface area contributed by atoms with Crippen LogP contribution in [0.25, 0.3) is 0 Å². The van der Waals surface area contributed by atoms with Crippen LogP contribution in [0.15, 0.2) is 28.0 Å². The van der Waals surface area contributed by atoms with E-state index in [4.69, 9.17) is 20.1 Å². The fraction of sp³-hybridized carbons (Fsp3) is 0.400. The monoisotopic (exact) mass is 239 g/mol. The highest BCUT2D eigenvalue weighted by Crippen LogP contribution is 2.11. The molecular formula is C10H13N3O4. The Kier molecular flexibility index (Phi) is 3.29. The minimum atomic E-state index is -0.576. The molecule has 0 aromatic carbocycles. The van der Waals surface area contributed by atoms with E-state index in [-0.39, 0.29) is 24.0 Å². The molecule has 0 spiro atoms. The molecule has 1 aromatic rings. The van der Waals surface area contributed by atoms with Gasteiger partial charge in [0.25, 0.3) is 5.91 Å². The van der Waals surface area contributed by atoms with Crippen molar-refractivity contribution < 1.29 is 19.2 Å². The zero-order valence-corrected chi connectivity index (χ0v) is 9.07. The molecule has 1 atom stereocenters. The maximum Gasteiger partial charge on any atom is 0.289 e. The summed E-state index contributed by atoms with van der Waals surface area (Å²) < 4.78 is 10.3. The molecule has 2 heterocycles. The van der Waals surface area contributed by atoms with Crippen LogP contribution in [0.1, 0.15) is 10.6 Å². The first-order chi connectivity index (χ1) is 8.22. The average Bonchev–Trinajstić information content (AvgIpc) is 2.91. The van der Waals surface area contributed by atoms with Crippen molar-refractivity contribution in [1.82, 2.24) is 4.90 Å². The molecule has 7 nitrogen and oxygen atoms in total. The number of furan rings is 1. The van der Waals surface area contributed by atoms with Gasteiger partial charge in [0.15, 0.2) is 11.6 Å². The van der Waals surface area contributed by atoms with Crippen LogP contribution in [0.5, 0.6) is 0 Å². The van der Waals surface area contributed by atoms with Gasteiger partial charge in [-0.25, -0.2) is 0 Å². The Hall–Kier alpha value is -2.02. The van der Waals surface area contributed by atoms with Gasteiger partial charge in [0, 0.05) is 6.54 Å². The molecule has 2 rings (SSSR count). The summed E-state index contributed by atoms with van der Waals surface area (Å²) in [5.41, 5.74) is 5.44. The van der Waals surface area contributed by atoms with Crippen LogP contribution >= 0.6 is 0 Å². The Labute approximate surface area is 97.4 Å². The summed E-state index contributed by atoms with van der Waals surface area (Å²) in [6.07, 6.45) is 0.863. The van der Waals surface area contributed by atoms with Crippen LogP contribution < -0.4 is 5.73 Å². The van der Waals surface area contributed by atoms with Crippen molar-refractivity contribution in [2.45, 2.75) is 6.10 Å². The Morgan fingerprint density at radius 1 is 1.65 bits per heavy atom. The van der Waals surface area contributed by atoms with Gasteiger partial charge in [-0.15, -0.1) is 0 Å². The summed E-state index contributed by atoms with van der Waals surface area (Å²) in [7, 11) is 0. The largest absolute Gasteiger partial charge is 0.459 e. The van der Waals surface area contributed by atoms with Gasteiger partial charge in [0.2, 0.25) is 0 Å². The Balaban J connectivity index is 2.05. The lowest BCUT2D eigenvalue weighted by Crippen LogP contribution is -2.50. The Morgan fingerprint density at radius 2 is 2.47 bits per heavy atom. The lowest BCUT2D eigenvalue weighted by atomic mass is 10.2. The molecule has 1 saturated heterocycles. The van der Waals surface area contributed by atoms with E-state index in [1.807, 2.05) is 0 Å². The summed E-state index contributed by atoms with van der Waals surface area (Å²) in [5.74, 6) is 0.00106. The molecule has 7 heteroatoms. The van der Waals surface area contributed by atoms with E-state index in [1.54, 1.807) is 17.0 Å². The minimum absolute atomic E-state index is 0.0399. The van der Waals surface area contributed by atoms with Gasteiger partial charge in [-0.1, -0.05) is 5.16 Å². The van der Waals surface area contributed by atoms with Gasteiger partial charge in [0.05, 0.1) is 19.4 Å². The first-order valence-electron chi connectivity index (χ1n) is 5.14. The summed E-state index contributed by atoms with van der Waals surface area (Å²) in [6.45, 7) is 1.04. The topological polar surface area (TPSA) is 101 Å². The zero-order valence-electron chi connectivity index (χ0n) is 9.07. The molecule has 0 saturated carbocycles. The number of nitrogens with zero attached hydrogens (tertiary/aromatic N) is 2. The van der Waals surface area contributed by atoms with Crippen molar-refractivity contribution in [2.24, 2.45) is 10.9 Å². The Morgan fingerprint density at radius 3 is 3.12 bits per heavy atom. The number of amides is 1. The van der Waals surface area contributed by atoms with E-state index in [2.05, 4.69) is 5.16 Å². The molecule has 1 aromatic heterocycles. The smallest absolute Gasteiger partial charge is 0.289 e. The van der Waals surface area contributed by atoms with E-state index in [0.717, 1.165) is 0 Å². The van der Waals surface area contributed by atoms with Crippen LogP contribution in [0.2, 0.25) is 0 Å². The number of carbonyl (C=O) groups is 1. The van der Waals surface area contributed by atoms with Gasteiger partial charge in [-0.05, 0) is 12.1 Å². The van der Waals surface area contributed by atoms with E-state index < -0.39 is 6.10 Å². The van der Waals surface area contributed by atoms with Gasteiger partial charge in [0.1, 0.15) is 6.10 Å². The van der Waals surface area contributed by atoms with Crippen LogP contribution in [0.4, 0.5) is 0 Å². The highest BCUT2D eigenvalue weighted by Gasteiger charge is 2.28. The number of hydrogen-bond donors (Lipinski definition) is 2. The summed E-state index contributed by atoms with van der Waals surface area (Å²) >= 11 is 0. The van der Waals surface area contributed by atoms with Gasteiger partial charge in [-0.3, -0.25) is 4.79 Å². The van der Waals surface area contributed by atoms with Crippen molar-refractivity contribution in [1.29, 1.82) is 0 Å². The van der Waals surface area contributed by atoms with Crippen LogP contribution in [0, 0.1) is 0 Å². The van der Waals surface area contributed by atoms with E-state index in [0.29, 0.717) is 13.2 Å². The number of ether oxygens (including phenoxy) is 1. The summed E-state index contributed by atoms with van der Waals surface area (Å²) in [6, 6.07) is 3.24. The fourth-order valence-corrected chi connectivity index (χ4v) is 1.63. The molecule has 1 aliphatic rings. The van der Waals surface area contributed by atoms with Crippen molar-refractivity contribution in [3.05, 3.63) is 24.2 Å². The second-order valence-corrected chi connectivity index (χ2v) is 3.61.